The molecule has 0 radical (unpaired) electrons. The molecule has 1 heteroatoms. The van der Waals surface area contributed by atoms with Gasteiger partial charge in [-0.1, -0.05) is 72.8 Å². The molecule has 1 heterocycles. The third-order valence-corrected chi connectivity index (χ3v) is 7.21. The van der Waals surface area contributed by atoms with Crippen LogP contribution in [0.1, 0.15) is 11.1 Å². The lowest BCUT2D eigenvalue weighted by molar-refractivity contribution is 1.66. The van der Waals surface area contributed by atoms with Gasteiger partial charge in [0, 0.05) is 31.3 Å². The largest absolute Gasteiger partial charge is 0.134 e. The molecule has 0 amide bonds. The number of rotatable bonds is 0. The molecule has 2 aliphatic carbocycles. The Morgan fingerprint density at radius 3 is 1.48 bits per heavy atom. The molecular weight excluding hydrogens is 344 g/mol. The number of thiophene rings is 1. The average Bonchev–Trinajstić information content (AvgIpc) is 3.37. The number of hydrogen-bond donors (Lipinski definition) is 0. The highest BCUT2D eigenvalue weighted by atomic mass is 32.1. The topological polar surface area (TPSA) is 0 Å². The van der Waals surface area contributed by atoms with Gasteiger partial charge in [-0.05, 0) is 44.8 Å². The summed E-state index contributed by atoms with van der Waals surface area (Å²) in [5.41, 5.74) is 8.23. The van der Waals surface area contributed by atoms with Crippen molar-refractivity contribution in [2.24, 2.45) is 0 Å². The van der Waals surface area contributed by atoms with Crippen LogP contribution in [0.25, 0.3) is 54.6 Å². The van der Waals surface area contributed by atoms with Gasteiger partial charge in [0.1, 0.15) is 0 Å². The maximum atomic E-state index is 2.32. The van der Waals surface area contributed by atoms with Gasteiger partial charge in [-0.25, -0.2) is 0 Å². The van der Waals surface area contributed by atoms with Gasteiger partial charge < -0.3 is 0 Å². The molecule has 7 rings (SSSR count). The van der Waals surface area contributed by atoms with Crippen LogP contribution in [-0.4, -0.2) is 0 Å². The number of benzene rings is 4. The van der Waals surface area contributed by atoms with E-state index in [9.17, 15) is 0 Å². The minimum absolute atomic E-state index is 1.33. The van der Waals surface area contributed by atoms with E-state index in [1.165, 1.54) is 64.0 Å². The molecule has 124 valence electrons. The summed E-state index contributed by atoms with van der Waals surface area (Å²) in [4.78, 5) is 0. The van der Waals surface area contributed by atoms with Crippen molar-refractivity contribution in [2.45, 2.75) is 0 Å². The molecule has 0 unspecified atom stereocenters. The zero-order chi connectivity index (χ0) is 17.5. The highest BCUT2D eigenvalue weighted by Crippen LogP contribution is 2.44. The van der Waals surface area contributed by atoms with E-state index in [2.05, 4.69) is 84.9 Å². The van der Waals surface area contributed by atoms with E-state index in [0.717, 1.165) is 0 Å². The quantitative estimate of drug-likeness (QED) is 0.327. The van der Waals surface area contributed by atoms with Crippen molar-refractivity contribution < 1.29 is 0 Å². The molecule has 1 aromatic heterocycles. The van der Waals surface area contributed by atoms with Gasteiger partial charge in [-0.2, -0.15) is 0 Å². The SMILES string of the molecule is C1=c2ccc3c(sc4c5c(ccc43)=Cc3ccccc3-5)c2-c2ccccc21. The lowest BCUT2D eigenvalue weighted by Gasteiger charge is -2.02. The first-order chi connectivity index (χ1) is 13.4. The Morgan fingerprint density at radius 1 is 0.481 bits per heavy atom. The van der Waals surface area contributed by atoms with Gasteiger partial charge >= 0.3 is 0 Å². The predicted octanol–water partition coefficient (Wildman–Crippen LogP) is 5.67. The normalized spacial score (nSPS) is 13.0. The second kappa shape index (κ2) is 4.76. The van der Waals surface area contributed by atoms with Gasteiger partial charge in [-0.15, -0.1) is 11.3 Å². The highest BCUT2D eigenvalue weighted by molar-refractivity contribution is 7.26. The van der Waals surface area contributed by atoms with Crippen molar-refractivity contribution in [3.63, 3.8) is 0 Å². The van der Waals surface area contributed by atoms with Crippen molar-refractivity contribution in [2.75, 3.05) is 0 Å². The Bertz CT molecular complexity index is 1450. The van der Waals surface area contributed by atoms with E-state index in [-0.39, 0.29) is 0 Å². The van der Waals surface area contributed by atoms with E-state index in [4.69, 9.17) is 0 Å². The van der Waals surface area contributed by atoms with Crippen LogP contribution in [-0.2, 0) is 0 Å². The van der Waals surface area contributed by atoms with Crippen LogP contribution in [0.4, 0.5) is 0 Å². The highest BCUT2D eigenvalue weighted by Gasteiger charge is 2.21. The molecule has 4 aromatic carbocycles. The minimum Gasteiger partial charge on any atom is -0.134 e. The van der Waals surface area contributed by atoms with Crippen LogP contribution in [0, 0.1) is 0 Å². The lowest BCUT2D eigenvalue weighted by Crippen LogP contribution is -1.99. The summed E-state index contributed by atoms with van der Waals surface area (Å²) in [5.74, 6) is 0. The Morgan fingerprint density at radius 2 is 0.963 bits per heavy atom. The molecular formula is C26H14S. The summed E-state index contributed by atoms with van der Waals surface area (Å²) in [6.07, 6.45) is 4.64. The van der Waals surface area contributed by atoms with Gasteiger partial charge in [0.25, 0.3) is 0 Å². The maximum absolute atomic E-state index is 2.32. The van der Waals surface area contributed by atoms with Crippen LogP contribution >= 0.6 is 11.3 Å². The van der Waals surface area contributed by atoms with Gasteiger partial charge in [0.05, 0.1) is 0 Å². The molecule has 0 nitrogen and oxygen atoms in total. The third kappa shape index (κ3) is 1.68. The summed E-state index contributed by atoms with van der Waals surface area (Å²) >= 11 is 1.96. The molecule has 0 N–H and O–H groups in total. The second-order valence-electron chi connectivity index (χ2n) is 7.38. The van der Waals surface area contributed by atoms with Gasteiger partial charge in [0.2, 0.25) is 0 Å². The van der Waals surface area contributed by atoms with Crippen molar-refractivity contribution >= 4 is 43.7 Å². The lowest BCUT2D eigenvalue weighted by atomic mass is 10.0. The van der Waals surface area contributed by atoms with Crippen LogP contribution in [0.15, 0.2) is 72.8 Å². The van der Waals surface area contributed by atoms with Crippen LogP contribution < -0.4 is 10.4 Å². The molecule has 5 aromatic rings. The van der Waals surface area contributed by atoms with Crippen LogP contribution in [0.3, 0.4) is 0 Å². The molecule has 0 spiro atoms. The molecule has 0 saturated heterocycles. The Hall–Kier alpha value is -3.16. The molecule has 0 fully saturated rings. The fourth-order valence-electron chi connectivity index (χ4n) is 4.77. The van der Waals surface area contributed by atoms with E-state index >= 15 is 0 Å². The molecule has 27 heavy (non-hydrogen) atoms. The zero-order valence-corrected chi connectivity index (χ0v) is 15.3. The Balaban J connectivity index is 1.67. The smallest absolute Gasteiger partial charge is 0.0440 e. The summed E-state index contributed by atoms with van der Waals surface area (Å²) in [5, 5.41) is 5.45. The monoisotopic (exact) mass is 358 g/mol. The van der Waals surface area contributed by atoms with E-state index < -0.39 is 0 Å². The fourth-order valence-corrected chi connectivity index (χ4v) is 6.21. The summed E-state index contributed by atoms with van der Waals surface area (Å²) < 4.78 is 2.84. The number of fused-ring (bicyclic) bond motifs is 11. The molecule has 0 bridgehead atoms. The predicted molar refractivity (Wildman–Crippen MR) is 117 cm³/mol. The number of hydrogen-bond acceptors (Lipinski definition) is 1. The average molecular weight is 358 g/mol. The third-order valence-electron chi connectivity index (χ3n) is 5.96. The van der Waals surface area contributed by atoms with E-state index in [1.54, 1.807) is 0 Å². The first-order valence-corrected chi connectivity index (χ1v) is 10.1. The standard InChI is InChI=1S/C26H14S/c1-3-7-19-15(5-1)13-17-9-11-21-22-12-10-18-14-16-6-2-4-8-20(16)24(18)26(22)27-25(21)23(17)19/h1-14H. The first kappa shape index (κ1) is 14.0. The zero-order valence-electron chi connectivity index (χ0n) is 14.5. The van der Waals surface area contributed by atoms with E-state index in [1.807, 2.05) is 11.3 Å². The van der Waals surface area contributed by atoms with Gasteiger partial charge in [0.15, 0.2) is 0 Å². The molecule has 0 saturated carbocycles. The Kier molecular flexibility index (Phi) is 2.46. The van der Waals surface area contributed by atoms with Gasteiger partial charge in [-0.3, -0.25) is 0 Å². The fraction of sp³-hybridized carbons (Fsp3) is 0. The van der Waals surface area contributed by atoms with Crippen molar-refractivity contribution in [1.82, 2.24) is 0 Å². The summed E-state index contributed by atoms with van der Waals surface area (Å²) in [7, 11) is 0. The molecule has 0 atom stereocenters. The minimum atomic E-state index is 1.33. The van der Waals surface area contributed by atoms with Crippen molar-refractivity contribution in [3.05, 3.63) is 94.4 Å². The first-order valence-electron chi connectivity index (χ1n) is 9.29. The van der Waals surface area contributed by atoms with E-state index in [0.29, 0.717) is 0 Å². The molecule has 2 aliphatic rings. The van der Waals surface area contributed by atoms with Crippen molar-refractivity contribution in [1.29, 1.82) is 0 Å². The second-order valence-corrected chi connectivity index (χ2v) is 8.40. The summed E-state index contributed by atoms with van der Waals surface area (Å²) in [6, 6.07) is 26.7. The van der Waals surface area contributed by atoms with Crippen LogP contribution in [0.2, 0.25) is 0 Å². The molecule has 0 aliphatic heterocycles. The maximum Gasteiger partial charge on any atom is 0.0440 e. The Labute approximate surface area is 160 Å². The van der Waals surface area contributed by atoms with Crippen molar-refractivity contribution in [3.8, 4) is 22.3 Å². The summed E-state index contributed by atoms with van der Waals surface area (Å²) in [6.45, 7) is 0. The van der Waals surface area contributed by atoms with Crippen LogP contribution in [0.5, 0.6) is 0 Å².